The Labute approximate surface area is 245 Å². The number of nitriles is 1. The highest BCUT2D eigenvalue weighted by Gasteiger charge is 2.59. The van der Waals surface area contributed by atoms with Gasteiger partial charge in [-0.2, -0.15) is 5.26 Å². The monoisotopic (exact) mass is 559 g/mol. The molecule has 3 unspecified atom stereocenters. The summed E-state index contributed by atoms with van der Waals surface area (Å²) in [5.74, 6) is 0.333. The first-order valence-electron chi connectivity index (χ1n) is 14.4. The van der Waals surface area contributed by atoms with Crippen LogP contribution in [0.5, 0.6) is 0 Å². The predicted octanol–water partition coefficient (Wildman–Crippen LogP) is 4.28. The Balaban J connectivity index is 1.38. The Morgan fingerprint density at radius 3 is 2.10 bits per heavy atom. The fourth-order valence-electron chi connectivity index (χ4n) is 6.97. The molecule has 3 saturated carbocycles. The molecule has 7 rings (SSSR count). The molecule has 3 aliphatic carbocycles. The lowest BCUT2D eigenvalue weighted by atomic mass is 9.46. The van der Waals surface area contributed by atoms with Crippen molar-refractivity contribution in [2.45, 2.75) is 45.1 Å². The van der Waals surface area contributed by atoms with Crippen LogP contribution in [0.25, 0.3) is 0 Å². The van der Waals surface area contributed by atoms with Gasteiger partial charge in [0.15, 0.2) is 5.78 Å². The second kappa shape index (κ2) is 10.6. The summed E-state index contributed by atoms with van der Waals surface area (Å²) in [6.45, 7) is 4.56. The van der Waals surface area contributed by atoms with Gasteiger partial charge in [-0.25, -0.2) is 0 Å². The van der Waals surface area contributed by atoms with E-state index in [4.69, 9.17) is 5.26 Å². The van der Waals surface area contributed by atoms with Gasteiger partial charge < -0.3 is 5.32 Å². The minimum atomic E-state index is -1.08. The van der Waals surface area contributed by atoms with Gasteiger partial charge in [0, 0.05) is 67.6 Å². The Bertz CT molecular complexity index is 1550. The minimum absolute atomic E-state index is 0.00246. The summed E-state index contributed by atoms with van der Waals surface area (Å²) in [7, 11) is 0. The van der Waals surface area contributed by atoms with Crippen LogP contribution < -0.4 is 5.32 Å². The van der Waals surface area contributed by atoms with E-state index in [1.165, 1.54) is 6.08 Å². The molecule has 2 bridgehead atoms. The average molecular weight is 560 g/mol. The van der Waals surface area contributed by atoms with Crippen LogP contribution in [0.3, 0.4) is 0 Å². The van der Waals surface area contributed by atoms with Gasteiger partial charge in [0.05, 0.1) is 11.6 Å². The summed E-state index contributed by atoms with van der Waals surface area (Å²) in [4.78, 5) is 51.5. The fraction of sp³-hybridized carbons (Fsp3) is 0.353. The SMILES string of the molecule is CC1(C)C2CC(CN3C(=O)C(Cc4ccncc4)(Cc4ccncc4)N/C3=C\C(=O)c3ccc(C#N)cc3)C(=O)C1C2. The van der Waals surface area contributed by atoms with Crippen LogP contribution in [-0.2, 0) is 22.4 Å². The number of hydrogen-bond acceptors (Lipinski definition) is 7. The number of nitrogens with zero attached hydrogens (tertiary/aromatic N) is 4. The first kappa shape index (κ1) is 27.5. The average Bonchev–Trinajstić information content (AvgIpc) is 3.23. The second-order valence-electron chi connectivity index (χ2n) is 12.4. The van der Waals surface area contributed by atoms with Crippen molar-refractivity contribution < 1.29 is 14.4 Å². The number of amides is 1. The van der Waals surface area contributed by atoms with Gasteiger partial charge in [-0.05, 0) is 83.8 Å². The van der Waals surface area contributed by atoms with Crippen molar-refractivity contribution in [2.24, 2.45) is 23.2 Å². The molecule has 3 aromatic rings. The molecule has 1 aliphatic heterocycles. The van der Waals surface area contributed by atoms with E-state index >= 15 is 0 Å². The molecule has 0 spiro atoms. The summed E-state index contributed by atoms with van der Waals surface area (Å²) in [5, 5.41) is 12.6. The number of benzene rings is 1. The highest BCUT2D eigenvalue weighted by atomic mass is 16.2. The minimum Gasteiger partial charge on any atom is -0.357 e. The van der Waals surface area contributed by atoms with Crippen molar-refractivity contribution in [3.63, 3.8) is 0 Å². The van der Waals surface area contributed by atoms with E-state index in [1.54, 1.807) is 54.0 Å². The topological polar surface area (TPSA) is 116 Å². The molecule has 1 N–H and O–H groups in total. The maximum Gasteiger partial charge on any atom is 0.254 e. The maximum absolute atomic E-state index is 14.6. The van der Waals surface area contributed by atoms with Gasteiger partial charge in [0.1, 0.15) is 17.1 Å². The highest BCUT2D eigenvalue weighted by Crippen LogP contribution is 2.59. The molecular weight excluding hydrogens is 526 g/mol. The molecule has 3 heterocycles. The van der Waals surface area contributed by atoms with Crippen molar-refractivity contribution >= 4 is 17.5 Å². The number of ketones is 2. The zero-order valence-corrected chi connectivity index (χ0v) is 23.8. The molecule has 1 saturated heterocycles. The van der Waals surface area contributed by atoms with E-state index in [0.717, 1.165) is 24.0 Å². The highest BCUT2D eigenvalue weighted by molar-refractivity contribution is 6.06. The molecule has 4 aliphatic rings. The number of nitrogens with one attached hydrogen (secondary N) is 1. The number of Topliss-reactive ketones (excluding diaryl/α,β-unsaturated/α-hetero) is 1. The predicted molar refractivity (Wildman–Crippen MR) is 156 cm³/mol. The molecular formula is C34H33N5O3. The molecule has 1 amide bonds. The molecule has 4 fully saturated rings. The first-order valence-corrected chi connectivity index (χ1v) is 14.4. The number of hydrogen-bond donors (Lipinski definition) is 1. The number of allylic oxidation sites excluding steroid dienone is 1. The van der Waals surface area contributed by atoms with Crippen LogP contribution in [-0.4, -0.2) is 44.4 Å². The van der Waals surface area contributed by atoms with Gasteiger partial charge in [0.2, 0.25) is 0 Å². The normalized spacial score (nSPS) is 24.5. The summed E-state index contributed by atoms with van der Waals surface area (Å²) >= 11 is 0. The Hall–Kier alpha value is -4.64. The lowest BCUT2D eigenvalue weighted by Gasteiger charge is -2.57. The van der Waals surface area contributed by atoms with Gasteiger partial charge in [-0.1, -0.05) is 13.8 Å². The molecule has 8 nitrogen and oxygen atoms in total. The Morgan fingerprint density at radius 2 is 1.57 bits per heavy atom. The lowest BCUT2D eigenvalue weighted by Crippen LogP contribution is -2.58. The van der Waals surface area contributed by atoms with Crippen LogP contribution in [0.2, 0.25) is 0 Å². The van der Waals surface area contributed by atoms with Crippen molar-refractivity contribution in [3.8, 4) is 6.07 Å². The first-order chi connectivity index (χ1) is 20.2. The van der Waals surface area contributed by atoms with Crippen LogP contribution >= 0.6 is 0 Å². The second-order valence-corrected chi connectivity index (χ2v) is 12.4. The van der Waals surface area contributed by atoms with Crippen LogP contribution in [0, 0.1) is 34.5 Å². The van der Waals surface area contributed by atoms with Crippen molar-refractivity contribution in [2.75, 3.05) is 6.54 Å². The number of rotatable bonds is 8. The standard InChI is InChI=1S/C34H33N5O3/c1-33(2)27-15-26(31(41)28(33)16-27)21-39-30(17-29(40)25-5-3-24(20-35)4-6-25)38-34(32(39)42,18-22-7-11-36-12-8-22)19-23-9-13-37-14-10-23/h3-14,17,26-28,38H,15-16,18-19,21H2,1-2H3/b30-17+. The summed E-state index contributed by atoms with van der Waals surface area (Å²) in [6.07, 6.45) is 10.7. The smallest absolute Gasteiger partial charge is 0.254 e. The number of pyridine rings is 2. The zero-order valence-electron chi connectivity index (χ0n) is 23.8. The molecule has 3 atom stereocenters. The lowest BCUT2D eigenvalue weighted by molar-refractivity contribution is -0.158. The Kier molecular flexibility index (Phi) is 6.97. The van der Waals surface area contributed by atoms with E-state index in [0.29, 0.717) is 35.7 Å². The quantitative estimate of drug-likeness (QED) is 0.324. The van der Waals surface area contributed by atoms with Crippen LogP contribution in [0.15, 0.2) is 85.2 Å². The van der Waals surface area contributed by atoms with Gasteiger partial charge >= 0.3 is 0 Å². The fourth-order valence-corrected chi connectivity index (χ4v) is 6.97. The summed E-state index contributed by atoms with van der Waals surface area (Å²) in [5.41, 5.74) is 1.64. The van der Waals surface area contributed by atoms with Crippen LogP contribution in [0.1, 0.15) is 53.7 Å². The third-order valence-corrected chi connectivity index (χ3v) is 9.58. The van der Waals surface area contributed by atoms with E-state index in [-0.39, 0.29) is 41.3 Å². The molecule has 42 heavy (non-hydrogen) atoms. The number of aromatic nitrogens is 2. The molecule has 1 aromatic carbocycles. The molecule has 0 radical (unpaired) electrons. The Morgan fingerprint density at radius 1 is 0.976 bits per heavy atom. The van der Waals surface area contributed by atoms with Gasteiger partial charge in [-0.3, -0.25) is 29.3 Å². The summed E-state index contributed by atoms with van der Waals surface area (Å²) in [6, 6.07) is 16.0. The van der Waals surface area contributed by atoms with Gasteiger partial charge in [0.25, 0.3) is 5.91 Å². The van der Waals surface area contributed by atoms with Crippen LogP contribution in [0.4, 0.5) is 0 Å². The number of carbonyl (C=O) groups is 3. The van der Waals surface area contributed by atoms with Gasteiger partial charge in [-0.15, -0.1) is 0 Å². The van der Waals surface area contributed by atoms with E-state index in [9.17, 15) is 14.4 Å². The third-order valence-electron chi connectivity index (χ3n) is 9.58. The zero-order chi connectivity index (χ0) is 29.5. The van der Waals surface area contributed by atoms with E-state index < -0.39 is 5.54 Å². The van der Waals surface area contributed by atoms with E-state index in [2.05, 4.69) is 35.2 Å². The molecule has 212 valence electrons. The van der Waals surface area contributed by atoms with Crippen molar-refractivity contribution in [3.05, 3.63) is 107 Å². The van der Waals surface area contributed by atoms with E-state index in [1.807, 2.05) is 24.3 Å². The summed E-state index contributed by atoms with van der Waals surface area (Å²) < 4.78 is 0. The number of carbonyl (C=O) groups excluding carboxylic acids is 3. The largest absolute Gasteiger partial charge is 0.357 e. The maximum atomic E-state index is 14.6. The third kappa shape index (κ3) is 4.89. The molecule has 8 heteroatoms. The van der Waals surface area contributed by atoms with Crippen molar-refractivity contribution in [1.82, 2.24) is 20.2 Å². The molecule has 2 aromatic heterocycles. The number of fused-ring (bicyclic) bond motifs is 2. The van der Waals surface area contributed by atoms with Crippen molar-refractivity contribution in [1.29, 1.82) is 5.26 Å².